The molecule has 6 nitrogen and oxygen atoms in total. The second-order valence-electron chi connectivity index (χ2n) is 7.11. The lowest BCUT2D eigenvalue weighted by Gasteiger charge is -2.23. The van der Waals surface area contributed by atoms with E-state index in [-0.39, 0.29) is 23.6 Å². The summed E-state index contributed by atoms with van der Waals surface area (Å²) in [5.41, 5.74) is 2.73. The highest BCUT2D eigenvalue weighted by atomic mass is 16.2. The summed E-state index contributed by atoms with van der Waals surface area (Å²) in [4.78, 5) is 39.9. The summed E-state index contributed by atoms with van der Waals surface area (Å²) < 4.78 is 0. The second-order valence-corrected chi connectivity index (χ2v) is 7.11. The Morgan fingerprint density at radius 1 is 1.12 bits per heavy atom. The summed E-state index contributed by atoms with van der Waals surface area (Å²) in [6, 6.07) is 5.71. The Hall–Kier alpha value is -2.37. The molecule has 1 aromatic rings. The van der Waals surface area contributed by atoms with E-state index in [9.17, 15) is 14.4 Å². The zero-order valence-electron chi connectivity index (χ0n) is 14.9. The number of nitrogens with one attached hydrogen (secondary N) is 1. The predicted octanol–water partition coefficient (Wildman–Crippen LogP) is 1.44. The highest BCUT2D eigenvalue weighted by Crippen LogP contribution is 2.24. The van der Waals surface area contributed by atoms with E-state index in [2.05, 4.69) is 5.32 Å². The molecule has 2 aliphatic heterocycles. The largest absolute Gasteiger partial charge is 0.341 e. The van der Waals surface area contributed by atoms with Crippen LogP contribution in [0, 0.1) is 5.92 Å². The zero-order chi connectivity index (χ0) is 18.0. The molecule has 0 spiro atoms. The molecular weight excluding hydrogens is 318 g/mol. The van der Waals surface area contributed by atoms with Crippen molar-refractivity contribution in [2.24, 2.45) is 5.92 Å². The van der Waals surface area contributed by atoms with Crippen molar-refractivity contribution in [3.8, 4) is 0 Å². The van der Waals surface area contributed by atoms with Crippen LogP contribution in [-0.4, -0.2) is 53.7 Å². The third-order valence-corrected chi connectivity index (χ3v) is 4.80. The van der Waals surface area contributed by atoms with Crippen molar-refractivity contribution in [2.75, 3.05) is 31.5 Å². The number of anilines is 1. The quantitative estimate of drug-likeness (QED) is 0.903. The Bertz CT molecular complexity index is 699. The van der Waals surface area contributed by atoms with E-state index in [1.807, 2.05) is 41.8 Å². The van der Waals surface area contributed by atoms with Crippen LogP contribution in [0.4, 0.5) is 5.69 Å². The van der Waals surface area contributed by atoms with Crippen LogP contribution in [0.2, 0.25) is 0 Å². The van der Waals surface area contributed by atoms with Crippen LogP contribution in [0.3, 0.4) is 0 Å². The van der Waals surface area contributed by atoms with Gasteiger partial charge in [0.1, 0.15) is 0 Å². The highest BCUT2D eigenvalue weighted by molar-refractivity contribution is 5.99. The van der Waals surface area contributed by atoms with E-state index >= 15 is 0 Å². The summed E-state index contributed by atoms with van der Waals surface area (Å²) >= 11 is 0. The molecule has 1 aromatic carbocycles. The number of fused-ring (bicyclic) bond motifs is 1. The van der Waals surface area contributed by atoms with Crippen LogP contribution < -0.4 is 5.32 Å². The molecule has 1 N–H and O–H groups in total. The SMILES string of the molecule is CC(C)C(=O)N1CCCN(C(=O)Cc2ccc3c(c2)CC(=O)N3)CC1. The van der Waals surface area contributed by atoms with E-state index in [0.717, 1.165) is 23.2 Å². The average Bonchev–Trinajstić information content (AvgIpc) is 2.78. The lowest BCUT2D eigenvalue weighted by molar-refractivity contribution is -0.135. The van der Waals surface area contributed by atoms with Gasteiger partial charge in [-0.05, 0) is 23.6 Å². The van der Waals surface area contributed by atoms with Gasteiger partial charge in [-0.25, -0.2) is 0 Å². The van der Waals surface area contributed by atoms with Crippen LogP contribution in [0.5, 0.6) is 0 Å². The van der Waals surface area contributed by atoms with Crippen molar-refractivity contribution in [1.29, 1.82) is 0 Å². The topological polar surface area (TPSA) is 69.7 Å². The maximum atomic E-state index is 12.6. The Morgan fingerprint density at radius 3 is 2.60 bits per heavy atom. The van der Waals surface area contributed by atoms with Gasteiger partial charge in [0.25, 0.3) is 0 Å². The lowest BCUT2D eigenvalue weighted by Crippen LogP contribution is -2.39. The van der Waals surface area contributed by atoms with Crippen molar-refractivity contribution >= 4 is 23.4 Å². The van der Waals surface area contributed by atoms with Gasteiger partial charge in [-0.15, -0.1) is 0 Å². The van der Waals surface area contributed by atoms with Gasteiger partial charge in [-0.1, -0.05) is 26.0 Å². The number of amides is 3. The molecule has 1 saturated heterocycles. The normalized spacial score (nSPS) is 17.3. The van der Waals surface area contributed by atoms with Gasteiger partial charge in [-0.2, -0.15) is 0 Å². The van der Waals surface area contributed by atoms with E-state index in [1.54, 1.807) is 0 Å². The molecular formula is C19H25N3O3. The second kappa shape index (κ2) is 7.25. The molecule has 6 heteroatoms. The van der Waals surface area contributed by atoms with Crippen molar-refractivity contribution < 1.29 is 14.4 Å². The Morgan fingerprint density at radius 2 is 1.84 bits per heavy atom. The molecule has 25 heavy (non-hydrogen) atoms. The molecule has 3 rings (SSSR count). The number of hydrogen-bond acceptors (Lipinski definition) is 3. The van der Waals surface area contributed by atoms with Gasteiger partial charge in [0, 0.05) is 37.8 Å². The Labute approximate surface area is 148 Å². The van der Waals surface area contributed by atoms with Crippen molar-refractivity contribution in [2.45, 2.75) is 33.1 Å². The molecule has 0 saturated carbocycles. The number of hydrogen-bond donors (Lipinski definition) is 1. The molecule has 134 valence electrons. The smallest absolute Gasteiger partial charge is 0.228 e. The number of nitrogens with zero attached hydrogens (tertiary/aromatic N) is 2. The van der Waals surface area contributed by atoms with Crippen LogP contribution in [0.1, 0.15) is 31.4 Å². The van der Waals surface area contributed by atoms with Gasteiger partial charge < -0.3 is 15.1 Å². The molecule has 0 unspecified atom stereocenters. The lowest BCUT2D eigenvalue weighted by atomic mass is 10.1. The molecule has 0 bridgehead atoms. The maximum Gasteiger partial charge on any atom is 0.228 e. The Kier molecular flexibility index (Phi) is 5.06. The van der Waals surface area contributed by atoms with Gasteiger partial charge in [0.05, 0.1) is 12.8 Å². The standard InChI is InChI=1S/C19H25N3O3/c1-13(2)19(25)22-7-3-6-21(8-9-22)18(24)11-14-4-5-16-15(10-14)12-17(23)20-16/h4-5,10,13H,3,6-9,11-12H2,1-2H3,(H,20,23). The summed E-state index contributed by atoms with van der Waals surface area (Å²) in [6.07, 6.45) is 1.53. The monoisotopic (exact) mass is 343 g/mol. The van der Waals surface area contributed by atoms with Crippen LogP contribution in [-0.2, 0) is 27.2 Å². The number of carbonyl (C=O) groups excluding carboxylic acids is 3. The fourth-order valence-corrected chi connectivity index (χ4v) is 3.43. The number of rotatable bonds is 3. The third-order valence-electron chi connectivity index (χ3n) is 4.80. The van der Waals surface area contributed by atoms with E-state index in [4.69, 9.17) is 0 Å². The first kappa shape index (κ1) is 17.5. The third kappa shape index (κ3) is 4.00. The molecule has 0 aromatic heterocycles. The van der Waals surface area contributed by atoms with E-state index in [1.165, 1.54) is 0 Å². The van der Waals surface area contributed by atoms with E-state index < -0.39 is 0 Å². The molecule has 2 heterocycles. The Balaban J connectivity index is 1.59. The van der Waals surface area contributed by atoms with Gasteiger partial charge in [0.2, 0.25) is 17.7 Å². The van der Waals surface area contributed by atoms with Crippen molar-refractivity contribution in [1.82, 2.24) is 9.80 Å². The summed E-state index contributed by atoms with van der Waals surface area (Å²) in [5.74, 6) is 0.229. The molecule has 0 radical (unpaired) electrons. The van der Waals surface area contributed by atoms with Gasteiger partial charge in [-0.3, -0.25) is 14.4 Å². The minimum Gasteiger partial charge on any atom is -0.341 e. The van der Waals surface area contributed by atoms with Crippen LogP contribution in [0.15, 0.2) is 18.2 Å². The highest BCUT2D eigenvalue weighted by Gasteiger charge is 2.24. The first-order chi connectivity index (χ1) is 11.9. The minimum absolute atomic E-state index is 0.000839. The summed E-state index contributed by atoms with van der Waals surface area (Å²) in [6.45, 7) is 6.40. The van der Waals surface area contributed by atoms with E-state index in [0.29, 0.717) is 39.0 Å². The predicted molar refractivity (Wildman–Crippen MR) is 95.1 cm³/mol. The molecule has 1 fully saturated rings. The molecule has 0 atom stereocenters. The summed E-state index contributed by atoms with van der Waals surface area (Å²) in [5, 5.41) is 2.80. The molecule has 3 amide bonds. The van der Waals surface area contributed by atoms with Crippen LogP contribution >= 0.6 is 0 Å². The number of carbonyl (C=O) groups is 3. The van der Waals surface area contributed by atoms with Crippen LogP contribution in [0.25, 0.3) is 0 Å². The molecule has 2 aliphatic rings. The first-order valence-electron chi connectivity index (χ1n) is 8.92. The average molecular weight is 343 g/mol. The maximum absolute atomic E-state index is 12.6. The van der Waals surface area contributed by atoms with Crippen molar-refractivity contribution in [3.63, 3.8) is 0 Å². The molecule has 0 aliphatic carbocycles. The van der Waals surface area contributed by atoms with Gasteiger partial charge >= 0.3 is 0 Å². The first-order valence-corrected chi connectivity index (χ1v) is 8.92. The minimum atomic E-state index is -0.00927. The fourth-order valence-electron chi connectivity index (χ4n) is 3.43. The summed E-state index contributed by atoms with van der Waals surface area (Å²) in [7, 11) is 0. The van der Waals surface area contributed by atoms with Crippen molar-refractivity contribution in [3.05, 3.63) is 29.3 Å². The fraction of sp³-hybridized carbons (Fsp3) is 0.526. The number of benzene rings is 1. The van der Waals surface area contributed by atoms with Gasteiger partial charge in [0.15, 0.2) is 0 Å². The zero-order valence-corrected chi connectivity index (χ0v) is 14.9.